The van der Waals surface area contributed by atoms with Crippen LogP contribution in [0, 0.1) is 11.2 Å². The highest BCUT2D eigenvalue weighted by atomic mass is 32.2. The van der Waals surface area contributed by atoms with Crippen molar-refractivity contribution in [3.05, 3.63) is 30.1 Å². The summed E-state index contributed by atoms with van der Waals surface area (Å²) in [4.78, 5) is 0.923. The number of amidine groups is 1. The Morgan fingerprint density at radius 1 is 1.42 bits per heavy atom. The summed E-state index contributed by atoms with van der Waals surface area (Å²) in [5, 5.41) is 6.97. The maximum Gasteiger partial charge on any atom is 0.123 e. The van der Waals surface area contributed by atoms with Crippen molar-refractivity contribution in [2.75, 3.05) is 5.75 Å². The van der Waals surface area contributed by atoms with Crippen LogP contribution in [0.5, 0.6) is 0 Å². The van der Waals surface area contributed by atoms with Gasteiger partial charge in [0.2, 0.25) is 0 Å². The van der Waals surface area contributed by atoms with Gasteiger partial charge in [0.25, 0.3) is 0 Å². The van der Waals surface area contributed by atoms with Crippen molar-refractivity contribution in [3.63, 3.8) is 0 Å². The maximum absolute atomic E-state index is 12.4. The van der Waals surface area contributed by atoms with Crippen molar-refractivity contribution in [2.24, 2.45) is 5.73 Å². The Morgan fingerprint density at radius 3 is 2.50 bits per heavy atom. The molecule has 1 rings (SSSR count). The minimum atomic E-state index is -0.248. The normalized spacial score (nSPS) is 9.75. The Labute approximate surface area is 74.5 Å². The van der Waals surface area contributed by atoms with E-state index in [2.05, 4.69) is 0 Å². The lowest BCUT2D eigenvalue weighted by Gasteiger charge is -1.98. The van der Waals surface area contributed by atoms with Crippen LogP contribution in [0.25, 0.3) is 0 Å². The molecule has 0 amide bonds. The predicted molar refractivity (Wildman–Crippen MR) is 49.0 cm³/mol. The van der Waals surface area contributed by atoms with Crippen LogP contribution in [0.3, 0.4) is 0 Å². The Kier molecular flexibility index (Phi) is 3.10. The fourth-order valence-electron chi connectivity index (χ4n) is 0.692. The zero-order valence-corrected chi connectivity index (χ0v) is 7.20. The van der Waals surface area contributed by atoms with Gasteiger partial charge in [-0.1, -0.05) is 0 Å². The van der Waals surface area contributed by atoms with E-state index in [1.165, 1.54) is 23.9 Å². The van der Waals surface area contributed by atoms with Gasteiger partial charge in [0.15, 0.2) is 0 Å². The highest BCUT2D eigenvalue weighted by molar-refractivity contribution is 8.00. The summed E-state index contributed by atoms with van der Waals surface area (Å²) in [5.41, 5.74) is 5.16. The molecule has 0 spiro atoms. The van der Waals surface area contributed by atoms with Crippen LogP contribution in [0.4, 0.5) is 4.39 Å². The fourth-order valence-corrected chi connectivity index (χ4v) is 1.34. The van der Waals surface area contributed by atoms with Gasteiger partial charge in [-0.2, -0.15) is 0 Å². The molecule has 0 aliphatic carbocycles. The molecule has 0 aliphatic rings. The SMILES string of the molecule is N=C(N)CSc1ccc(F)cc1. The number of nitrogens with one attached hydrogen (secondary N) is 1. The Hall–Kier alpha value is -1.03. The first kappa shape index (κ1) is 9.06. The highest BCUT2D eigenvalue weighted by Crippen LogP contribution is 2.17. The van der Waals surface area contributed by atoms with Gasteiger partial charge < -0.3 is 5.73 Å². The third kappa shape index (κ3) is 2.92. The van der Waals surface area contributed by atoms with Gasteiger partial charge in [0, 0.05) is 4.90 Å². The van der Waals surface area contributed by atoms with Crippen LogP contribution in [0.2, 0.25) is 0 Å². The molecule has 64 valence electrons. The lowest BCUT2D eigenvalue weighted by atomic mass is 10.4. The third-order valence-electron chi connectivity index (χ3n) is 1.21. The van der Waals surface area contributed by atoms with Gasteiger partial charge in [0.1, 0.15) is 11.7 Å². The van der Waals surface area contributed by atoms with E-state index in [1.807, 2.05) is 0 Å². The third-order valence-corrected chi connectivity index (χ3v) is 2.27. The van der Waals surface area contributed by atoms with Crippen molar-refractivity contribution in [1.82, 2.24) is 0 Å². The summed E-state index contributed by atoms with van der Waals surface area (Å²) < 4.78 is 12.4. The minimum Gasteiger partial charge on any atom is -0.387 e. The Balaban J connectivity index is 2.53. The molecule has 12 heavy (non-hydrogen) atoms. The molecule has 0 aromatic heterocycles. The van der Waals surface area contributed by atoms with Crippen molar-refractivity contribution < 1.29 is 4.39 Å². The molecule has 4 heteroatoms. The van der Waals surface area contributed by atoms with E-state index in [-0.39, 0.29) is 11.7 Å². The highest BCUT2D eigenvalue weighted by Gasteiger charge is 1.95. The number of thioether (sulfide) groups is 1. The Bertz CT molecular complexity index is 271. The van der Waals surface area contributed by atoms with E-state index in [0.717, 1.165) is 4.90 Å². The molecule has 0 saturated carbocycles. The standard InChI is InChI=1S/C8H9FN2S/c9-6-1-3-7(4-2-6)12-5-8(10)11/h1-4H,5H2,(H3,10,11). The lowest BCUT2D eigenvalue weighted by Crippen LogP contribution is -2.11. The first-order valence-corrected chi connectivity index (χ1v) is 4.38. The molecule has 0 fully saturated rings. The molecule has 1 aromatic rings. The van der Waals surface area contributed by atoms with Crippen LogP contribution in [0.1, 0.15) is 0 Å². The van der Waals surface area contributed by atoms with Crippen LogP contribution < -0.4 is 5.73 Å². The molecule has 3 N–H and O–H groups in total. The number of nitrogens with two attached hydrogens (primary N) is 1. The van der Waals surface area contributed by atoms with Gasteiger partial charge in [-0.3, -0.25) is 5.41 Å². The first-order chi connectivity index (χ1) is 5.68. The van der Waals surface area contributed by atoms with Crippen LogP contribution in [0.15, 0.2) is 29.2 Å². The van der Waals surface area contributed by atoms with Crippen LogP contribution in [-0.2, 0) is 0 Å². The van der Waals surface area contributed by atoms with Crippen molar-refractivity contribution in [1.29, 1.82) is 5.41 Å². The Morgan fingerprint density at radius 2 is 2.00 bits per heavy atom. The van der Waals surface area contributed by atoms with Crippen LogP contribution in [-0.4, -0.2) is 11.6 Å². The van der Waals surface area contributed by atoms with Gasteiger partial charge in [-0.15, -0.1) is 11.8 Å². The van der Waals surface area contributed by atoms with E-state index in [4.69, 9.17) is 11.1 Å². The topological polar surface area (TPSA) is 49.9 Å². The van der Waals surface area contributed by atoms with E-state index in [0.29, 0.717) is 5.75 Å². The number of benzene rings is 1. The minimum absolute atomic E-state index is 0.129. The molecule has 1 aromatic carbocycles. The second kappa shape index (κ2) is 4.11. The second-order valence-electron chi connectivity index (χ2n) is 2.27. The summed E-state index contributed by atoms with van der Waals surface area (Å²) in [5.74, 6) is 0.331. The molecular formula is C8H9FN2S. The molecule has 2 nitrogen and oxygen atoms in total. The molecule has 0 aliphatic heterocycles. The van der Waals surface area contributed by atoms with Gasteiger partial charge in [-0.05, 0) is 24.3 Å². The molecule has 0 bridgehead atoms. The van der Waals surface area contributed by atoms with Gasteiger partial charge >= 0.3 is 0 Å². The average Bonchev–Trinajstić information content (AvgIpc) is 2.03. The van der Waals surface area contributed by atoms with Crippen molar-refractivity contribution >= 4 is 17.6 Å². The van der Waals surface area contributed by atoms with E-state index >= 15 is 0 Å². The first-order valence-electron chi connectivity index (χ1n) is 3.40. The smallest absolute Gasteiger partial charge is 0.123 e. The number of hydrogen-bond acceptors (Lipinski definition) is 2. The van der Waals surface area contributed by atoms with Gasteiger partial charge in [-0.25, -0.2) is 4.39 Å². The summed E-state index contributed by atoms with van der Waals surface area (Å²) in [7, 11) is 0. The van der Waals surface area contributed by atoms with Gasteiger partial charge in [0.05, 0.1) is 5.75 Å². The zero-order chi connectivity index (χ0) is 8.97. The van der Waals surface area contributed by atoms with E-state index < -0.39 is 0 Å². The van der Waals surface area contributed by atoms with E-state index in [9.17, 15) is 4.39 Å². The summed E-state index contributed by atoms with van der Waals surface area (Å²) in [6.07, 6.45) is 0. The number of halogens is 1. The quantitative estimate of drug-likeness (QED) is 0.428. The largest absolute Gasteiger partial charge is 0.387 e. The van der Waals surface area contributed by atoms with Crippen LogP contribution >= 0.6 is 11.8 Å². The molecule has 0 radical (unpaired) electrons. The number of rotatable bonds is 3. The summed E-state index contributed by atoms with van der Waals surface area (Å²) >= 11 is 1.42. The predicted octanol–water partition coefficient (Wildman–Crippen LogP) is 1.85. The molecule has 0 heterocycles. The average molecular weight is 184 g/mol. The number of hydrogen-bond donors (Lipinski definition) is 2. The summed E-state index contributed by atoms with van der Waals surface area (Å²) in [6, 6.07) is 6.12. The second-order valence-corrected chi connectivity index (χ2v) is 3.32. The molecule has 0 unspecified atom stereocenters. The monoisotopic (exact) mass is 184 g/mol. The zero-order valence-electron chi connectivity index (χ0n) is 6.38. The van der Waals surface area contributed by atoms with Crippen molar-refractivity contribution in [2.45, 2.75) is 4.90 Å². The van der Waals surface area contributed by atoms with Crippen molar-refractivity contribution in [3.8, 4) is 0 Å². The molecule has 0 saturated heterocycles. The lowest BCUT2D eigenvalue weighted by molar-refractivity contribution is 0.626. The molecular weight excluding hydrogens is 175 g/mol. The maximum atomic E-state index is 12.4. The van der Waals surface area contributed by atoms with E-state index in [1.54, 1.807) is 12.1 Å². The summed E-state index contributed by atoms with van der Waals surface area (Å²) in [6.45, 7) is 0. The fraction of sp³-hybridized carbons (Fsp3) is 0.125. The molecule has 0 atom stereocenters.